The van der Waals surface area contributed by atoms with Gasteiger partial charge in [-0.15, -0.1) is 0 Å². The first kappa shape index (κ1) is 13.2. The Morgan fingerprint density at radius 1 is 1.18 bits per heavy atom. The first-order valence-corrected chi connectivity index (χ1v) is 8.00. The van der Waals surface area contributed by atoms with Crippen molar-refractivity contribution in [2.24, 2.45) is 0 Å². The van der Waals surface area contributed by atoms with Crippen molar-refractivity contribution in [2.75, 3.05) is 13.1 Å². The van der Waals surface area contributed by atoms with E-state index >= 15 is 0 Å². The lowest BCUT2D eigenvalue weighted by Crippen LogP contribution is -2.25. The Kier molecular flexibility index (Phi) is 3.70. The Balaban J connectivity index is 2.68. The van der Waals surface area contributed by atoms with Gasteiger partial charge in [-0.1, -0.05) is 55.2 Å². The molecule has 0 spiro atoms. The number of hydrogen-bond acceptors (Lipinski definition) is 1. The summed E-state index contributed by atoms with van der Waals surface area (Å²) in [6.07, 6.45) is 0. The predicted octanol–water partition coefficient (Wildman–Crippen LogP) is 4.05. The van der Waals surface area contributed by atoms with E-state index in [0.29, 0.717) is 22.9 Å². The van der Waals surface area contributed by atoms with E-state index in [1.54, 1.807) is 0 Å². The Morgan fingerprint density at radius 3 is 2.35 bits per heavy atom. The summed E-state index contributed by atoms with van der Waals surface area (Å²) in [6.45, 7) is 5.31. The molecule has 0 N–H and O–H groups in total. The van der Waals surface area contributed by atoms with Gasteiger partial charge in [-0.2, -0.15) is 0 Å². The van der Waals surface area contributed by atoms with E-state index in [-0.39, 0.29) is 0 Å². The lowest BCUT2D eigenvalue weighted by molar-refractivity contribution is 0.457. The lowest BCUT2D eigenvalue weighted by atomic mass is 10.2. The number of fused-ring (bicyclic) bond motifs is 1. The quantitative estimate of drug-likeness (QED) is 0.783. The summed E-state index contributed by atoms with van der Waals surface area (Å²) in [5.41, 5.74) is 0.800. The molecule has 0 radical (unpaired) electrons. The van der Waals surface area contributed by atoms with Crippen LogP contribution in [0, 0.1) is 0 Å². The molecule has 1 aromatic carbocycles. The number of nitrogens with zero attached hydrogens (tertiary/aromatic N) is 1. The van der Waals surface area contributed by atoms with Crippen LogP contribution in [-0.2, 0) is 4.57 Å². The van der Waals surface area contributed by atoms with E-state index in [4.69, 9.17) is 23.2 Å². The molecule has 1 unspecified atom stereocenters. The summed E-state index contributed by atoms with van der Waals surface area (Å²) in [4.78, 5) is 0. The molecule has 0 aromatic heterocycles. The van der Waals surface area contributed by atoms with Crippen LogP contribution < -0.4 is 5.30 Å². The van der Waals surface area contributed by atoms with Crippen molar-refractivity contribution in [1.82, 2.24) is 4.67 Å². The summed E-state index contributed by atoms with van der Waals surface area (Å²) >= 11 is 12.4. The highest BCUT2D eigenvalue weighted by Gasteiger charge is 2.43. The van der Waals surface area contributed by atoms with Crippen LogP contribution in [0.5, 0.6) is 0 Å². The van der Waals surface area contributed by atoms with Gasteiger partial charge in [0.25, 0.3) is 0 Å². The molecule has 5 heteroatoms. The first-order valence-electron chi connectivity index (χ1n) is 5.58. The van der Waals surface area contributed by atoms with Crippen molar-refractivity contribution >= 4 is 40.8 Å². The number of halogens is 2. The Labute approximate surface area is 112 Å². The second kappa shape index (κ2) is 4.78. The van der Waals surface area contributed by atoms with Gasteiger partial charge in [-0.25, -0.2) is 4.67 Å². The van der Waals surface area contributed by atoms with Crippen LogP contribution in [0.3, 0.4) is 0 Å². The number of rotatable bonds is 3. The minimum absolute atomic E-state index is 0.295. The van der Waals surface area contributed by atoms with Gasteiger partial charge >= 0.3 is 0 Å². The van der Waals surface area contributed by atoms with Crippen molar-refractivity contribution in [3.63, 3.8) is 0 Å². The van der Waals surface area contributed by atoms with E-state index in [2.05, 4.69) is 0 Å². The normalized spacial score (nSPS) is 23.4. The third-order valence-corrected chi connectivity index (χ3v) is 7.70. The number of hydrogen-bond donors (Lipinski definition) is 0. The minimum Gasteiger partial charge on any atom is -0.295 e. The monoisotopic (exact) mass is 289 g/mol. The number of benzene rings is 1. The fourth-order valence-corrected chi connectivity index (χ4v) is 6.19. The average Bonchev–Trinajstić information content (AvgIpc) is 2.55. The predicted molar refractivity (Wildman–Crippen MR) is 75.2 cm³/mol. The second-order valence-electron chi connectivity index (χ2n) is 3.84. The van der Waals surface area contributed by atoms with E-state index in [0.717, 1.165) is 10.9 Å². The summed E-state index contributed by atoms with van der Waals surface area (Å²) in [5, 5.41) is 1.19. The van der Waals surface area contributed by atoms with E-state index in [1.165, 1.54) is 0 Å². The summed E-state index contributed by atoms with van der Waals surface area (Å²) in [6, 6.07) is 7.47. The maximum absolute atomic E-state index is 13.2. The Hall–Kier alpha value is -0.270. The van der Waals surface area contributed by atoms with Crippen LogP contribution >= 0.6 is 30.5 Å². The Bertz CT molecular complexity index is 523. The van der Waals surface area contributed by atoms with Gasteiger partial charge in [0.1, 0.15) is 4.77 Å². The summed E-state index contributed by atoms with van der Waals surface area (Å²) in [5.74, 6) is 0. The lowest BCUT2D eigenvalue weighted by Gasteiger charge is -2.27. The largest absolute Gasteiger partial charge is 0.295 e. The van der Waals surface area contributed by atoms with Crippen LogP contribution in [0.1, 0.15) is 19.4 Å². The van der Waals surface area contributed by atoms with E-state index in [1.807, 2.05) is 42.8 Å². The smallest absolute Gasteiger partial charge is 0.220 e. The highest BCUT2D eigenvalue weighted by Crippen LogP contribution is 2.65. The molecule has 2 nitrogen and oxygen atoms in total. The average molecular weight is 290 g/mol. The molecule has 0 bridgehead atoms. The van der Waals surface area contributed by atoms with Gasteiger partial charge < -0.3 is 0 Å². The van der Waals surface area contributed by atoms with Crippen LogP contribution in [0.4, 0.5) is 0 Å². The standard InChI is InChI=1S/C12H14Cl2NOP/c1-3-15(4-2)17(16)10-8-6-5-7-9(10)11(13)12(17)14/h5-8H,3-4H2,1-2H3. The molecule has 0 saturated heterocycles. The van der Waals surface area contributed by atoms with Crippen molar-refractivity contribution in [2.45, 2.75) is 13.8 Å². The fourth-order valence-electron chi connectivity index (χ4n) is 2.17. The maximum Gasteiger partial charge on any atom is 0.220 e. The zero-order valence-electron chi connectivity index (χ0n) is 9.78. The Morgan fingerprint density at radius 2 is 1.76 bits per heavy atom. The first-order chi connectivity index (χ1) is 8.07. The molecule has 0 saturated carbocycles. The molecule has 17 heavy (non-hydrogen) atoms. The molecule has 0 aliphatic carbocycles. The third-order valence-electron chi connectivity index (χ3n) is 3.04. The van der Waals surface area contributed by atoms with E-state index < -0.39 is 7.29 Å². The molecule has 1 aliphatic heterocycles. The molecule has 1 aliphatic rings. The second-order valence-corrected chi connectivity index (χ2v) is 7.50. The SMILES string of the molecule is CCN(CC)P1(=O)C(Cl)=C(Cl)c2ccccc21. The van der Waals surface area contributed by atoms with Gasteiger partial charge in [0, 0.05) is 24.0 Å². The van der Waals surface area contributed by atoms with Crippen molar-refractivity contribution in [3.8, 4) is 0 Å². The molecule has 0 amide bonds. The van der Waals surface area contributed by atoms with Gasteiger partial charge in [0.2, 0.25) is 7.29 Å². The molecule has 1 aromatic rings. The molecule has 2 rings (SSSR count). The van der Waals surface area contributed by atoms with Crippen molar-refractivity contribution in [3.05, 3.63) is 34.6 Å². The molecular formula is C12H14Cl2NOP. The van der Waals surface area contributed by atoms with Crippen LogP contribution in [0.25, 0.3) is 5.03 Å². The highest BCUT2D eigenvalue weighted by atomic mass is 35.5. The molecule has 0 fully saturated rings. The summed E-state index contributed by atoms with van der Waals surface area (Å²) < 4.78 is 15.4. The fraction of sp³-hybridized carbons (Fsp3) is 0.333. The molecule has 1 atom stereocenters. The van der Waals surface area contributed by atoms with Gasteiger partial charge in [-0.05, 0) is 6.07 Å². The summed E-state index contributed by atoms with van der Waals surface area (Å²) in [7, 11) is -2.87. The third kappa shape index (κ3) is 1.79. The van der Waals surface area contributed by atoms with Crippen LogP contribution in [0.15, 0.2) is 29.0 Å². The van der Waals surface area contributed by atoms with E-state index in [9.17, 15) is 4.57 Å². The molecule has 92 valence electrons. The van der Waals surface area contributed by atoms with Crippen molar-refractivity contribution in [1.29, 1.82) is 0 Å². The van der Waals surface area contributed by atoms with Crippen molar-refractivity contribution < 1.29 is 4.57 Å². The zero-order valence-corrected chi connectivity index (χ0v) is 12.2. The maximum atomic E-state index is 13.2. The minimum atomic E-state index is -2.87. The van der Waals surface area contributed by atoms with Crippen LogP contribution in [0.2, 0.25) is 0 Å². The van der Waals surface area contributed by atoms with Crippen LogP contribution in [-0.4, -0.2) is 17.8 Å². The zero-order chi connectivity index (χ0) is 12.6. The van der Waals surface area contributed by atoms with Gasteiger partial charge in [-0.3, -0.25) is 4.57 Å². The van der Waals surface area contributed by atoms with Gasteiger partial charge in [0.05, 0.1) is 5.03 Å². The topological polar surface area (TPSA) is 20.3 Å². The highest BCUT2D eigenvalue weighted by molar-refractivity contribution is 7.76. The molecular weight excluding hydrogens is 276 g/mol. The van der Waals surface area contributed by atoms with Gasteiger partial charge in [0.15, 0.2) is 0 Å². The molecule has 1 heterocycles.